The van der Waals surface area contributed by atoms with Crippen molar-refractivity contribution in [2.45, 2.75) is 45.6 Å². The van der Waals surface area contributed by atoms with Crippen LogP contribution in [0.15, 0.2) is 42.5 Å². The lowest BCUT2D eigenvalue weighted by molar-refractivity contribution is -0.153. The number of ether oxygens (including phenoxy) is 1. The highest BCUT2D eigenvalue weighted by Gasteiger charge is 2.19. The van der Waals surface area contributed by atoms with Crippen LogP contribution in [-0.4, -0.2) is 16.5 Å². The van der Waals surface area contributed by atoms with Gasteiger partial charge in [-0.1, -0.05) is 78.9 Å². The van der Waals surface area contributed by atoms with Crippen LogP contribution in [0.5, 0.6) is 0 Å². The van der Waals surface area contributed by atoms with E-state index in [1.54, 1.807) is 0 Å². The van der Waals surface area contributed by atoms with Gasteiger partial charge in [0, 0.05) is 10.8 Å². The summed E-state index contributed by atoms with van der Waals surface area (Å²) < 4.78 is 6.60. The number of hydrogen-bond acceptors (Lipinski definition) is 2. The molecular weight excluding hydrogens is 375 g/mol. The maximum Gasteiger partial charge on any atom is 0.308 e. The smallest absolute Gasteiger partial charge is 0.308 e. The van der Waals surface area contributed by atoms with Gasteiger partial charge in [0.2, 0.25) is 0 Å². The molecular formula is C18H25IO2. The number of rotatable bonds is 9. The van der Waals surface area contributed by atoms with Crippen LogP contribution in [0, 0.1) is 5.92 Å². The van der Waals surface area contributed by atoms with Crippen molar-refractivity contribution in [2.24, 2.45) is 5.92 Å². The molecule has 0 amide bonds. The zero-order valence-electron chi connectivity index (χ0n) is 13.0. The van der Waals surface area contributed by atoms with Gasteiger partial charge in [-0.15, -0.1) is 0 Å². The molecule has 0 aliphatic heterocycles. The maximum atomic E-state index is 12.0. The first kappa shape index (κ1) is 18.2. The van der Waals surface area contributed by atoms with Crippen LogP contribution in [0.1, 0.15) is 38.7 Å². The van der Waals surface area contributed by atoms with E-state index >= 15 is 0 Å². The number of aryl methyl sites for hydroxylation is 1. The molecule has 0 aliphatic carbocycles. The van der Waals surface area contributed by atoms with E-state index in [9.17, 15) is 4.79 Å². The van der Waals surface area contributed by atoms with Crippen molar-refractivity contribution in [1.29, 1.82) is 0 Å². The van der Waals surface area contributed by atoms with Crippen LogP contribution < -0.4 is 0 Å². The molecule has 2 atom stereocenters. The molecule has 2 nitrogen and oxygen atoms in total. The first-order valence-corrected chi connectivity index (χ1v) is 9.06. The second-order valence-corrected chi connectivity index (χ2v) is 6.24. The summed E-state index contributed by atoms with van der Waals surface area (Å²) >= 11 is 2.30. The first-order valence-electron chi connectivity index (χ1n) is 7.53. The van der Waals surface area contributed by atoms with Gasteiger partial charge in [-0.2, -0.15) is 0 Å². The summed E-state index contributed by atoms with van der Waals surface area (Å²) in [6.07, 6.45) is 3.29. The zero-order chi connectivity index (χ0) is 15.7. The molecule has 1 rings (SSSR count). The van der Waals surface area contributed by atoms with Crippen molar-refractivity contribution >= 4 is 28.6 Å². The Bertz CT molecular complexity index is 442. The summed E-state index contributed by atoms with van der Waals surface area (Å²) in [7, 11) is 0. The highest BCUT2D eigenvalue weighted by Crippen LogP contribution is 2.18. The molecule has 0 saturated heterocycles. The van der Waals surface area contributed by atoms with Gasteiger partial charge in [0.15, 0.2) is 0 Å². The number of halogens is 1. The minimum Gasteiger partial charge on any atom is -0.462 e. The van der Waals surface area contributed by atoms with Crippen LogP contribution in [0.25, 0.3) is 0 Å². The Morgan fingerprint density at radius 2 is 2.00 bits per heavy atom. The molecule has 0 fully saturated rings. The third kappa shape index (κ3) is 7.11. The lowest BCUT2D eigenvalue weighted by Crippen LogP contribution is -2.24. The Morgan fingerprint density at radius 1 is 1.33 bits per heavy atom. The highest BCUT2D eigenvalue weighted by molar-refractivity contribution is 14.1. The largest absolute Gasteiger partial charge is 0.462 e. The van der Waals surface area contributed by atoms with E-state index in [0.29, 0.717) is 0 Å². The molecule has 0 bridgehead atoms. The molecule has 0 unspecified atom stereocenters. The van der Waals surface area contributed by atoms with Crippen LogP contribution >= 0.6 is 22.6 Å². The minimum absolute atomic E-state index is 0.0305. The Kier molecular flexibility index (Phi) is 8.66. The van der Waals surface area contributed by atoms with E-state index in [1.165, 1.54) is 5.56 Å². The van der Waals surface area contributed by atoms with E-state index in [4.69, 9.17) is 4.74 Å². The van der Waals surface area contributed by atoms with Crippen LogP contribution in [0.4, 0.5) is 0 Å². The van der Waals surface area contributed by atoms with Gasteiger partial charge < -0.3 is 4.74 Å². The Morgan fingerprint density at radius 3 is 2.57 bits per heavy atom. The molecule has 0 aromatic heterocycles. The number of carbonyl (C=O) groups excluding carboxylic acids is 1. The SMILES string of the molecule is C=C(CI)C[C@@H](CCc1ccccc1)OC(=O)[C@@H](C)CC. The molecule has 0 saturated carbocycles. The average molecular weight is 400 g/mol. The van der Waals surface area contributed by atoms with Crippen molar-refractivity contribution in [3.8, 4) is 0 Å². The maximum absolute atomic E-state index is 12.0. The van der Waals surface area contributed by atoms with Crippen molar-refractivity contribution in [3.05, 3.63) is 48.0 Å². The topological polar surface area (TPSA) is 26.3 Å². The number of esters is 1. The van der Waals surface area contributed by atoms with Crippen molar-refractivity contribution < 1.29 is 9.53 Å². The molecule has 1 aromatic carbocycles. The predicted octanol–water partition coefficient (Wildman–Crippen LogP) is 4.96. The van der Waals surface area contributed by atoms with Crippen LogP contribution in [-0.2, 0) is 16.0 Å². The molecule has 21 heavy (non-hydrogen) atoms. The van der Waals surface area contributed by atoms with Gasteiger partial charge in [-0.25, -0.2) is 0 Å². The molecule has 0 radical (unpaired) electrons. The second-order valence-electron chi connectivity index (χ2n) is 5.48. The van der Waals surface area contributed by atoms with Gasteiger partial charge in [0.25, 0.3) is 0 Å². The molecule has 0 spiro atoms. The van der Waals surface area contributed by atoms with Gasteiger partial charge >= 0.3 is 5.97 Å². The summed E-state index contributed by atoms with van der Waals surface area (Å²) in [5, 5.41) is 0. The summed E-state index contributed by atoms with van der Waals surface area (Å²) in [6.45, 7) is 7.97. The lowest BCUT2D eigenvalue weighted by atomic mass is 10.0. The van der Waals surface area contributed by atoms with E-state index in [2.05, 4.69) is 41.3 Å². The summed E-state index contributed by atoms with van der Waals surface area (Å²) in [5.41, 5.74) is 2.41. The predicted molar refractivity (Wildman–Crippen MR) is 96.7 cm³/mol. The molecule has 1 aromatic rings. The fourth-order valence-corrected chi connectivity index (χ4v) is 2.31. The van der Waals surface area contributed by atoms with Crippen molar-refractivity contribution in [3.63, 3.8) is 0 Å². The van der Waals surface area contributed by atoms with Crippen LogP contribution in [0.3, 0.4) is 0 Å². The highest BCUT2D eigenvalue weighted by atomic mass is 127. The number of carbonyl (C=O) groups is 1. The first-order chi connectivity index (χ1) is 10.1. The second kappa shape index (κ2) is 9.98. The number of benzene rings is 1. The third-order valence-corrected chi connectivity index (χ3v) is 4.68. The van der Waals surface area contributed by atoms with E-state index in [-0.39, 0.29) is 18.0 Å². The number of alkyl halides is 1. The van der Waals surface area contributed by atoms with Crippen LogP contribution in [0.2, 0.25) is 0 Å². The summed E-state index contributed by atoms with van der Waals surface area (Å²) in [4.78, 5) is 12.0. The lowest BCUT2D eigenvalue weighted by Gasteiger charge is -2.20. The van der Waals surface area contributed by atoms with E-state index in [0.717, 1.165) is 35.7 Å². The minimum atomic E-state index is -0.0863. The average Bonchev–Trinajstić information content (AvgIpc) is 2.52. The fourth-order valence-electron chi connectivity index (χ4n) is 2.00. The van der Waals surface area contributed by atoms with Gasteiger partial charge in [-0.3, -0.25) is 4.79 Å². The normalized spacial score (nSPS) is 13.5. The van der Waals surface area contributed by atoms with E-state index < -0.39 is 0 Å². The van der Waals surface area contributed by atoms with Gasteiger partial charge in [0.1, 0.15) is 6.10 Å². The molecule has 116 valence electrons. The molecule has 3 heteroatoms. The summed E-state index contributed by atoms with van der Waals surface area (Å²) in [5.74, 6) is -0.117. The van der Waals surface area contributed by atoms with E-state index in [1.807, 2.05) is 32.0 Å². The van der Waals surface area contributed by atoms with Crippen molar-refractivity contribution in [1.82, 2.24) is 0 Å². The van der Waals surface area contributed by atoms with Gasteiger partial charge in [-0.05, 0) is 24.8 Å². The van der Waals surface area contributed by atoms with Crippen molar-refractivity contribution in [2.75, 3.05) is 4.43 Å². The molecule has 0 aliphatic rings. The van der Waals surface area contributed by atoms with Gasteiger partial charge in [0.05, 0.1) is 5.92 Å². The summed E-state index contributed by atoms with van der Waals surface area (Å²) in [6, 6.07) is 10.3. The Labute approximate surface area is 142 Å². The molecule has 0 heterocycles. The molecule has 0 N–H and O–H groups in total. The third-order valence-electron chi connectivity index (χ3n) is 3.60. The standard InChI is InChI=1S/C18H25IO2/c1-4-15(3)18(20)21-17(12-14(2)13-19)11-10-16-8-6-5-7-9-16/h5-9,15,17H,2,4,10-13H2,1,3H3/t15-,17+/m0/s1. The fraction of sp³-hybridized carbons (Fsp3) is 0.500. The monoisotopic (exact) mass is 400 g/mol. The number of hydrogen-bond donors (Lipinski definition) is 0. The zero-order valence-corrected chi connectivity index (χ0v) is 15.1. The quantitative estimate of drug-likeness (QED) is 0.254. The Balaban J connectivity index is 2.59. The Hall–Kier alpha value is -0.840.